The van der Waals surface area contributed by atoms with E-state index in [0.29, 0.717) is 19.3 Å². The van der Waals surface area contributed by atoms with E-state index in [1.54, 1.807) is 0 Å². The summed E-state index contributed by atoms with van der Waals surface area (Å²) >= 11 is 0. The van der Waals surface area contributed by atoms with E-state index in [9.17, 15) is 14.4 Å². The second kappa shape index (κ2) is 44.9. The largest absolute Gasteiger partial charge is 0.462 e. The molecule has 0 amide bonds. The Hall–Kier alpha value is -1.85. The van der Waals surface area contributed by atoms with Crippen molar-refractivity contribution in [1.82, 2.24) is 0 Å². The Labute approximate surface area is 341 Å². The quantitative estimate of drug-likeness (QED) is 0.0265. The van der Waals surface area contributed by atoms with Crippen molar-refractivity contribution in [2.24, 2.45) is 0 Å². The van der Waals surface area contributed by atoms with Gasteiger partial charge in [-0.3, -0.25) is 14.4 Å². The zero-order valence-electron chi connectivity index (χ0n) is 37.0. The molecular formula is C49H92O6. The highest BCUT2D eigenvalue weighted by atomic mass is 16.6. The minimum Gasteiger partial charge on any atom is -0.462 e. The van der Waals surface area contributed by atoms with E-state index < -0.39 is 6.10 Å². The molecule has 324 valence electrons. The van der Waals surface area contributed by atoms with Crippen molar-refractivity contribution in [3.05, 3.63) is 12.2 Å². The Morgan fingerprint density at radius 3 is 0.927 bits per heavy atom. The van der Waals surface area contributed by atoms with Gasteiger partial charge in [-0.2, -0.15) is 0 Å². The summed E-state index contributed by atoms with van der Waals surface area (Å²) in [6, 6.07) is 0. The predicted octanol–water partition coefficient (Wildman–Crippen LogP) is 15.4. The molecule has 0 spiro atoms. The van der Waals surface area contributed by atoms with Gasteiger partial charge in [-0.05, 0) is 44.9 Å². The van der Waals surface area contributed by atoms with Crippen molar-refractivity contribution in [3.63, 3.8) is 0 Å². The zero-order valence-corrected chi connectivity index (χ0v) is 37.0. The lowest BCUT2D eigenvalue weighted by Crippen LogP contribution is -2.30. The van der Waals surface area contributed by atoms with E-state index in [-0.39, 0.29) is 31.1 Å². The molecule has 0 heterocycles. The van der Waals surface area contributed by atoms with Gasteiger partial charge in [0.05, 0.1) is 0 Å². The molecular weight excluding hydrogens is 685 g/mol. The van der Waals surface area contributed by atoms with Gasteiger partial charge in [0, 0.05) is 19.3 Å². The molecule has 0 aliphatic carbocycles. The molecule has 0 bridgehead atoms. The standard InChI is InChI=1S/C49H92O6/c1-4-7-10-13-16-19-22-24-27-30-33-36-39-42-48(51)54-45-46(44-53-47(50)41-38-35-32-29-26-21-18-15-12-9-6-3)55-49(52)43-40-37-34-31-28-25-23-20-17-14-11-8-5-2/h20,23,46H,4-19,21-22,24-45H2,1-3H3/t46-/m0/s1. The van der Waals surface area contributed by atoms with Gasteiger partial charge in [-0.25, -0.2) is 0 Å². The third-order valence-electron chi connectivity index (χ3n) is 10.8. The van der Waals surface area contributed by atoms with E-state index >= 15 is 0 Å². The monoisotopic (exact) mass is 777 g/mol. The van der Waals surface area contributed by atoms with Crippen LogP contribution in [0.1, 0.15) is 265 Å². The Morgan fingerprint density at radius 1 is 0.345 bits per heavy atom. The highest BCUT2D eigenvalue weighted by molar-refractivity contribution is 5.71. The van der Waals surface area contributed by atoms with Crippen LogP contribution >= 0.6 is 0 Å². The molecule has 0 aromatic carbocycles. The first-order valence-corrected chi connectivity index (χ1v) is 24.2. The van der Waals surface area contributed by atoms with Crippen LogP contribution in [-0.2, 0) is 28.6 Å². The maximum Gasteiger partial charge on any atom is 0.306 e. The van der Waals surface area contributed by atoms with E-state index in [1.165, 1.54) is 161 Å². The van der Waals surface area contributed by atoms with Crippen molar-refractivity contribution in [2.75, 3.05) is 13.2 Å². The van der Waals surface area contributed by atoms with Crippen LogP contribution in [0.15, 0.2) is 12.2 Å². The molecule has 0 aromatic heterocycles. The molecule has 0 saturated carbocycles. The number of esters is 3. The second-order valence-corrected chi connectivity index (χ2v) is 16.4. The highest BCUT2D eigenvalue weighted by Crippen LogP contribution is 2.15. The molecule has 0 rings (SSSR count). The van der Waals surface area contributed by atoms with Crippen LogP contribution < -0.4 is 0 Å². The van der Waals surface area contributed by atoms with Crippen LogP contribution in [0.4, 0.5) is 0 Å². The summed E-state index contributed by atoms with van der Waals surface area (Å²) in [5.41, 5.74) is 0. The lowest BCUT2D eigenvalue weighted by Gasteiger charge is -2.18. The normalized spacial score (nSPS) is 12.0. The van der Waals surface area contributed by atoms with Crippen LogP contribution in [0, 0.1) is 0 Å². The van der Waals surface area contributed by atoms with Crippen molar-refractivity contribution in [2.45, 2.75) is 271 Å². The second-order valence-electron chi connectivity index (χ2n) is 16.4. The highest BCUT2D eigenvalue weighted by Gasteiger charge is 2.19. The summed E-state index contributed by atoms with van der Waals surface area (Å²) < 4.78 is 16.7. The number of hydrogen-bond donors (Lipinski definition) is 0. The average molecular weight is 777 g/mol. The molecule has 1 atom stereocenters. The number of rotatable bonds is 44. The van der Waals surface area contributed by atoms with Gasteiger partial charge in [0.2, 0.25) is 0 Å². The van der Waals surface area contributed by atoms with Crippen molar-refractivity contribution in [1.29, 1.82) is 0 Å². The number of unbranched alkanes of at least 4 members (excludes halogenated alkanes) is 31. The van der Waals surface area contributed by atoms with E-state index in [2.05, 4.69) is 32.9 Å². The van der Waals surface area contributed by atoms with Crippen LogP contribution in [0.2, 0.25) is 0 Å². The first kappa shape index (κ1) is 53.1. The smallest absolute Gasteiger partial charge is 0.306 e. The van der Waals surface area contributed by atoms with Crippen LogP contribution in [0.3, 0.4) is 0 Å². The van der Waals surface area contributed by atoms with Gasteiger partial charge in [0.15, 0.2) is 6.10 Å². The summed E-state index contributed by atoms with van der Waals surface area (Å²) in [5.74, 6) is -0.866. The Kier molecular flexibility index (Phi) is 43.4. The van der Waals surface area contributed by atoms with Crippen LogP contribution in [-0.4, -0.2) is 37.2 Å². The fourth-order valence-corrected chi connectivity index (χ4v) is 7.08. The minimum absolute atomic E-state index is 0.0686. The fourth-order valence-electron chi connectivity index (χ4n) is 7.08. The molecule has 0 aromatic rings. The van der Waals surface area contributed by atoms with Crippen molar-refractivity contribution < 1.29 is 28.6 Å². The van der Waals surface area contributed by atoms with E-state index in [1.807, 2.05) is 0 Å². The maximum atomic E-state index is 12.7. The van der Waals surface area contributed by atoms with Gasteiger partial charge in [-0.1, -0.05) is 213 Å². The molecule has 6 nitrogen and oxygen atoms in total. The molecule has 0 fully saturated rings. The number of allylic oxidation sites excluding steroid dienone is 2. The Morgan fingerprint density at radius 2 is 0.600 bits per heavy atom. The lowest BCUT2D eigenvalue weighted by molar-refractivity contribution is -0.167. The summed E-state index contributed by atoms with van der Waals surface area (Å²) in [7, 11) is 0. The molecule has 0 saturated heterocycles. The number of carbonyl (C=O) groups excluding carboxylic acids is 3. The molecule has 0 aliphatic rings. The van der Waals surface area contributed by atoms with Gasteiger partial charge in [0.25, 0.3) is 0 Å². The van der Waals surface area contributed by atoms with Crippen LogP contribution in [0.5, 0.6) is 0 Å². The zero-order chi connectivity index (χ0) is 40.1. The molecule has 0 aliphatic heterocycles. The number of hydrogen-bond acceptors (Lipinski definition) is 6. The number of ether oxygens (including phenoxy) is 3. The predicted molar refractivity (Wildman–Crippen MR) is 233 cm³/mol. The molecule has 55 heavy (non-hydrogen) atoms. The average Bonchev–Trinajstić information content (AvgIpc) is 3.18. The van der Waals surface area contributed by atoms with E-state index in [0.717, 1.165) is 64.2 Å². The van der Waals surface area contributed by atoms with Crippen molar-refractivity contribution >= 4 is 17.9 Å². The van der Waals surface area contributed by atoms with Gasteiger partial charge in [0.1, 0.15) is 13.2 Å². The SMILES string of the molecule is CCCCCCC=CCCCCCCCC(=O)O[C@@H](COC(=O)CCCCCCCCCCCCC)COC(=O)CCCCCCCCCCCCCCC. The lowest BCUT2D eigenvalue weighted by atomic mass is 10.0. The Balaban J connectivity index is 4.34. The topological polar surface area (TPSA) is 78.9 Å². The first-order chi connectivity index (χ1) is 27.0. The summed E-state index contributed by atoms with van der Waals surface area (Å²) in [4.78, 5) is 37.8. The van der Waals surface area contributed by atoms with Gasteiger partial charge < -0.3 is 14.2 Å². The van der Waals surface area contributed by atoms with Crippen molar-refractivity contribution in [3.8, 4) is 0 Å². The fraction of sp³-hybridized carbons (Fsp3) is 0.898. The first-order valence-electron chi connectivity index (χ1n) is 24.2. The van der Waals surface area contributed by atoms with Crippen LogP contribution in [0.25, 0.3) is 0 Å². The third-order valence-corrected chi connectivity index (χ3v) is 10.8. The molecule has 6 heteroatoms. The minimum atomic E-state index is -0.766. The summed E-state index contributed by atoms with van der Waals surface area (Å²) in [5, 5.41) is 0. The summed E-state index contributed by atoms with van der Waals surface area (Å²) in [6.45, 7) is 6.63. The van der Waals surface area contributed by atoms with Gasteiger partial charge in [-0.15, -0.1) is 0 Å². The number of carbonyl (C=O) groups is 3. The third kappa shape index (κ3) is 43.1. The van der Waals surface area contributed by atoms with Gasteiger partial charge >= 0.3 is 17.9 Å². The van der Waals surface area contributed by atoms with E-state index in [4.69, 9.17) is 14.2 Å². The maximum absolute atomic E-state index is 12.7. The molecule has 0 radical (unpaired) electrons. The molecule has 0 unspecified atom stereocenters. The Bertz CT molecular complexity index is 854. The summed E-state index contributed by atoms with van der Waals surface area (Å²) in [6.07, 6.45) is 47.6. The molecule has 0 N–H and O–H groups in total.